The van der Waals surface area contributed by atoms with E-state index in [2.05, 4.69) is 12.6 Å². The molecule has 0 unspecified atom stereocenters. The van der Waals surface area contributed by atoms with Crippen molar-refractivity contribution in [1.29, 1.82) is 0 Å². The van der Waals surface area contributed by atoms with Gasteiger partial charge in [-0.3, -0.25) is 0 Å². The maximum absolute atomic E-state index is 5.68. The van der Waals surface area contributed by atoms with Crippen molar-refractivity contribution >= 4 is 24.2 Å². The summed E-state index contributed by atoms with van der Waals surface area (Å²) in [6.45, 7) is 1.85. The molecule has 0 aromatic rings. The van der Waals surface area contributed by atoms with Crippen LogP contribution in [0.4, 0.5) is 0 Å². The van der Waals surface area contributed by atoms with Crippen LogP contribution in [0.15, 0.2) is 34.4 Å². The molecule has 2 N–H and O–H groups in total. The summed E-state index contributed by atoms with van der Waals surface area (Å²) in [5.41, 5.74) is 5.08. The highest BCUT2D eigenvalue weighted by Crippen LogP contribution is 2.08. The molecule has 0 saturated heterocycles. The number of halogens is 1. The predicted octanol–water partition coefficient (Wildman–Crippen LogP) is 2.42. The molecule has 0 radical (unpaired) electrons. The number of hydrogen-bond acceptors (Lipinski definition) is 2. The molecule has 10 heavy (non-hydrogen) atoms. The summed E-state index contributed by atoms with van der Waals surface area (Å²) >= 11 is 9.72. The van der Waals surface area contributed by atoms with E-state index in [4.69, 9.17) is 17.3 Å². The molecular weight excluding hydrogens is 166 g/mol. The normalized spacial score (nSPS) is 14.7. The maximum atomic E-state index is 5.68. The average molecular weight is 176 g/mol. The quantitative estimate of drug-likeness (QED) is 0.489. The van der Waals surface area contributed by atoms with Crippen LogP contribution in [0.3, 0.4) is 0 Å². The van der Waals surface area contributed by atoms with Crippen LogP contribution in [-0.4, -0.2) is 0 Å². The van der Waals surface area contributed by atoms with E-state index in [1.807, 2.05) is 6.92 Å². The van der Waals surface area contributed by atoms with Gasteiger partial charge in [-0.1, -0.05) is 11.6 Å². The van der Waals surface area contributed by atoms with Crippen molar-refractivity contribution in [2.45, 2.75) is 6.92 Å². The number of nitrogens with two attached hydrogens (primary N) is 1. The number of rotatable bonds is 2. The fraction of sp³-hybridized carbons (Fsp3) is 0.143. The number of allylic oxidation sites excluding steroid dienone is 5. The summed E-state index contributed by atoms with van der Waals surface area (Å²) in [4.78, 5) is 0.867. The van der Waals surface area contributed by atoms with Gasteiger partial charge in [-0.25, -0.2) is 0 Å². The van der Waals surface area contributed by atoms with Crippen LogP contribution in [0, 0.1) is 0 Å². The zero-order valence-corrected chi connectivity index (χ0v) is 7.36. The molecule has 0 aromatic carbocycles. The van der Waals surface area contributed by atoms with E-state index in [1.54, 1.807) is 18.2 Å². The molecule has 1 nitrogen and oxygen atoms in total. The molecule has 0 aliphatic carbocycles. The highest BCUT2D eigenvalue weighted by atomic mass is 35.5. The molecule has 0 amide bonds. The lowest BCUT2D eigenvalue weighted by Crippen LogP contribution is -1.73. The molecule has 0 bridgehead atoms. The van der Waals surface area contributed by atoms with Crippen molar-refractivity contribution in [3.63, 3.8) is 0 Å². The molecule has 56 valence electrons. The van der Waals surface area contributed by atoms with Crippen LogP contribution in [0.2, 0.25) is 0 Å². The minimum Gasteiger partial charge on any atom is -0.405 e. The van der Waals surface area contributed by atoms with Crippen molar-refractivity contribution in [2.24, 2.45) is 5.73 Å². The summed E-state index contributed by atoms with van der Waals surface area (Å²) in [6, 6.07) is 0. The number of hydrogen-bond donors (Lipinski definition) is 2. The van der Waals surface area contributed by atoms with Gasteiger partial charge in [0.2, 0.25) is 0 Å². The lowest BCUT2D eigenvalue weighted by Gasteiger charge is -1.86. The summed E-state index contributed by atoms with van der Waals surface area (Å²) in [7, 11) is 0. The smallest absolute Gasteiger partial charge is 0.0414 e. The number of thiol groups is 1. The molecule has 0 atom stereocenters. The van der Waals surface area contributed by atoms with Crippen molar-refractivity contribution in [2.75, 3.05) is 0 Å². The zero-order chi connectivity index (χ0) is 7.98. The van der Waals surface area contributed by atoms with E-state index in [-0.39, 0.29) is 0 Å². The zero-order valence-electron chi connectivity index (χ0n) is 5.71. The SMILES string of the molecule is C\C(S)=C/C(Cl)=C\C=C\N. The van der Waals surface area contributed by atoms with Crippen LogP contribution >= 0.6 is 24.2 Å². The molecular formula is C7H10ClNS. The molecule has 0 fully saturated rings. The summed E-state index contributed by atoms with van der Waals surface area (Å²) in [5, 5.41) is 0.620. The molecule has 0 aliphatic rings. The van der Waals surface area contributed by atoms with Gasteiger partial charge in [0.15, 0.2) is 0 Å². The van der Waals surface area contributed by atoms with Crippen molar-refractivity contribution in [1.82, 2.24) is 0 Å². The Morgan fingerprint density at radius 1 is 1.60 bits per heavy atom. The van der Waals surface area contributed by atoms with Crippen LogP contribution in [-0.2, 0) is 0 Å². The fourth-order valence-corrected chi connectivity index (χ4v) is 0.847. The van der Waals surface area contributed by atoms with Gasteiger partial charge in [0, 0.05) is 5.03 Å². The van der Waals surface area contributed by atoms with Crippen LogP contribution in [0.1, 0.15) is 6.92 Å². The first-order valence-electron chi connectivity index (χ1n) is 2.78. The van der Waals surface area contributed by atoms with Crippen LogP contribution < -0.4 is 5.73 Å². The van der Waals surface area contributed by atoms with Gasteiger partial charge in [0.25, 0.3) is 0 Å². The first-order valence-corrected chi connectivity index (χ1v) is 3.60. The molecule has 0 spiro atoms. The Morgan fingerprint density at radius 2 is 2.20 bits per heavy atom. The Balaban J connectivity index is 4.08. The Bertz CT molecular complexity index is 178. The van der Waals surface area contributed by atoms with Crippen molar-refractivity contribution in [3.8, 4) is 0 Å². The Hall–Kier alpha value is -0.340. The van der Waals surface area contributed by atoms with Gasteiger partial charge in [0.1, 0.15) is 0 Å². The lowest BCUT2D eigenvalue weighted by molar-refractivity contribution is 1.59. The summed E-state index contributed by atoms with van der Waals surface area (Å²) < 4.78 is 0. The van der Waals surface area contributed by atoms with Gasteiger partial charge in [-0.2, -0.15) is 0 Å². The minimum atomic E-state index is 0.620. The monoisotopic (exact) mass is 175 g/mol. The highest BCUT2D eigenvalue weighted by Gasteiger charge is 1.82. The van der Waals surface area contributed by atoms with E-state index in [0.29, 0.717) is 5.03 Å². The Kier molecular flexibility index (Phi) is 5.26. The Morgan fingerprint density at radius 3 is 2.60 bits per heavy atom. The average Bonchev–Trinajstić information content (AvgIpc) is 1.82. The molecule has 0 saturated carbocycles. The Labute approximate surface area is 71.7 Å². The molecule has 0 aliphatic heterocycles. The molecule has 0 heterocycles. The van der Waals surface area contributed by atoms with Crippen LogP contribution in [0.5, 0.6) is 0 Å². The van der Waals surface area contributed by atoms with Gasteiger partial charge in [-0.15, -0.1) is 12.6 Å². The molecule has 0 rings (SSSR count). The third kappa shape index (κ3) is 5.79. The third-order valence-electron chi connectivity index (χ3n) is 0.713. The lowest BCUT2D eigenvalue weighted by atomic mass is 10.4. The standard InChI is InChI=1S/C7H10ClNS/c1-6(10)5-7(8)3-2-4-9/h2-5,10H,9H2,1H3/b4-2+,6-5+,7-3+. The third-order valence-corrected chi connectivity index (χ3v) is 1.08. The summed E-state index contributed by atoms with van der Waals surface area (Å²) in [6.07, 6.45) is 6.52. The van der Waals surface area contributed by atoms with E-state index in [0.717, 1.165) is 4.91 Å². The van der Waals surface area contributed by atoms with Gasteiger partial charge >= 0.3 is 0 Å². The fourth-order valence-electron chi connectivity index (χ4n) is 0.395. The van der Waals surface area contributed by atoms with Crippen molar-refractivity contribution in [3.05, 3.63) is 34.4 Å². The maximum Gasteiger partial charge on any atom is 0.0414 e. The topological polar surface area (TPSA) is 26.0 Å². The summed E-state index contributed by atoms with van der Waals surface area (Å²) in [5.74, 6) is 0. The van der Waals surface area contributed by atoms with Crippen LogP contribution in [0.25, 0.3) is 0 Å². The second kappa shape index (κ2) is 5.45. The van der Waals surface area contributed by atoms with Gasteiger partial charge in [0.05, 0.1) is 0 Å². The second-order valence-corrected chi connectivity index (χ2v) is 2.86. The first-order chi connectivity index (χ1) is 4.66. The van der Waals surface area contributed by atoms with E-state index in [9.17, 15) is 0 Å². The van der Waals surface area contributed by atoms with Crippen molar-refractivity contribution < 1.29 is 0 Å². The van der Waals surface area contributed by atoms with E-state index in [1.165, 1.54) is 6.20 Å². The van der Waals surface area contributed by atoms with E-state index >= 15 is 0 Å². The van der Waals surface area contributed by atoms with Gasteiger partial charge < -0.3 is 5.73 Å². The molecule has 3 heteroatoms. The minimum absolute atomic E-state index is 0.620. The largest absolute Gasteiger partial charge is 0.405 e. The predicted molar refractivity (Wildman–Crippen MR) is 50.0 cm³/mol. The highest BCUT2D eigenvalue weighted by molar-refractivity contribution is 7.84. The van der Waals surface area contributed by atoms with Gasteiger partial charge in [-0.05, 0) is 36.3 Å². The molecule has 0 aromatic heterocycles. The second-order valence-electron chi connectivity index (χ2n) is 1.72. The first kappa shape index (κ1) is 9.66. The van der Waals surface area contributed by atoms with E-state index < -0.39 is 0 Å².